The molecule has 0 saturated carbocycles. The van der Waals surface area contributed by atoms with E-state index in [-0.39, 0.29) is 18.2 Å². The third kappa shape index (κ3) is 2.63. The molecule has 3 N–H and O–H groups in total. The minimum absolute atomic E-state index is 0.0706. The van der Waals surface area contributed by atoms with Crippen LogP contribution in [0.25, 0.3) is 0 Å². The predicted molar refractivity (Wildman–Crippen MR) is 64.8 cm³/mol. The summed E-state index contributed by atoms with van der Waals surface area (Å²) in [5.74, 6) is -1.06. The molecule has 1 aromatic heterocycles. The first-order valence-corrected chi connectivity index (χ1v) is 5.72. The number of carboxylic acids is 1. The Kier molecular flexibility index (Phi) is 3.61. The normalized spacial score (nSPS) is 21.9. The van der Waals surface area contributed by atoms with E-state index >= 15 is 0 Å². The van der Waals surface area contributed by atoms with Gasteiger partial charge >= 0.3 is 5.97 Å². The molecule has 1 amide bonds. The molecule has 1 aromatic rings. The molecule has 0 spiro atoms. The Morgan fingerprint density at radius 1 is 1.42 bits per heavy atom. The number of hydrogen-bond donors (Lipinski definition) is 3. The van der Waals surface area contributed by atoms with Crippen molar-refractivity contribution in [3.8, 4) is 0 Å². The number of aliphatic carboxylic acids is 1. The zero-order chi connectivity index (χ0) is 13.9. The number of anilines is 1. The Morgan fingerprint density at radius 2 is 2.21 bits per heavy atom. The van der Waals surface area contributed by atoms with Crippen LogP contribution in [0, 0.1) is 0 Å². The van der Waals surface area contributed by atoms with Crippen LogP contribution in [0.4, 0.5) is 5.82 Å². The van der Waals surface area contributed by atoms with Gasteiger partial charge in [0.1, 0.15) is 5.82 Å². The largest absolute Gasteiger partial charge is 0.479 e. The lowest BCUT2D eigenvalue weighted by Crippen LogP contribution is -2.47. The Morgan fingerprint density at radius 3 is 2.68 bits per heavy atom. The zero-order valence-corrected chi connectivity index (χ0v) is 10.3. The maximum Gasteiger partial charge on any atom is 0.331 e. The van der Waals surface area contributed by atoms with E-state index in [2.05, 4.69) is 20.8 Å². The van der Waals surface area contributed by atoms with E-state index in [9.17, 15) is 14.7 Å². The molecule has 1 aliphatic rings. The van der Waals surface area contributed by atoms with Crippen molar-refractivity contribution in [3.63, 3.8) is 0 Å². The Bertz CT molecular complexity index is 482. The second-order valence-corrected chi connectivity index (χ2v) is 4.20. The number of carbonyl (C=O) groups is 2. The highest BCUT2D eigenvalue weighted by Crippen LogP contribution is 2.23. The van der Waals surface area contributed by atoms with Gasteiger partial charge < -0.3 is 20.5 Å². The lowest BCUT2D eigenvalue weighted by Gasteiger charge is -2.23. The molecule has 1 atom stereocenters. The lowest BCUT2D eigenvalue weighted by atomic mass is 9.99. The van der Waals surface area contributed by atoms with Crippen LogP contribution in [0.2, 0.25) is 0 Å². The molecule has 1 unspecified atom stereocenters. The average molecular weight is 266 g/mol. The Balaban J connectivity index is 2.14. The fourth-order valence-electron chi connectivity index (χ4n) is 1.78. The fraction of sp³-hybridized carbons (Fsp3) is 0.455. The van der Waals surface area contributed by atoms with E-state index in [0.29, 0.717) is 18.8 Å². The van der Waals surface area contributed by atoms with E-state index in [1.54, 1.807) is 0 Å². The van der Waals surface area contributed by atoms with Gasteiger partial charge in [-0.15, -0.1) is 10.2 Å². The van der Waals surface area contributed by atoms with Gasteiger partial charge in [-0.3, -0.25) is 4.79 Å². The minimum atomic E-state index is -1.18. The molecule has 19 heavy (non-hydrogen) atoms. The van der Waals surface area contributed by atoms with Crippen molar-refractivity contribution < 1.29 is 19.4 Å². The molecule has 8 nitrogen and oxygen atoms in total. The molecular formula is C11H14N4O4. The molecule has 0 aromatic carbocycles. The minimum Gasteiger partial charge on any atom is -0.479 e. The molecular weight excluding hydrogens is 252 g/mol. The second kappa shape index (κ2) is 5.19. The van der Waals surface area contributed by atoms with E-state index in [1.807, 2.05) is 0 Å². The van der Waals surface area contributed by atoms with E-state index < -0.39 is 11.5 Å². The van der Waals surface area contributed by atoms with Crippen molar-refractivity contribution in [1.82, 2.24) is 15.5 Å². The van der Waals surface area contributed by atoms with Gasteiger partial charge in [0, 0.05) is 20.1 Å². The zero-order valence-electron chi connectivity index (χ0n) is 10.3. The number of aromatic nitrogens is 2. The van der Waals surface area contributed by atoms with Crippen molar-refractivity contribution in [2.45, 2.75) is 12.0 Å². The number of ether oxygens (including phenoxy) is 1. The smallest absolute Gasteiger partial charge is 0.331 e. The second-order valence-electron chi connectivity index (χ2n) is 4.20. The van der Waals surface area contributed by atoms with Crippen LogP contribution in [0.3, 0.4) is 0 Å². The molecule has 0 bridgehead atoms. The standard InChI is InChI=1S/C11H14N4O4/c1-12-9(16)7-2-3-8(15-14-7)13-11(10(17)18)4-5-19-6-11/h2-3H,4-6H2,1H3,(H,12,16)(H,13,15)(H,17,18). The van der Waals surface area contributed by atoms with Crippen LogP contribution in [-0.2, 0) is 9.53 Å². The number of carboxylic acid groups (broad SMARTS) is 1. The molecule has 1 fully saturated rings. The molecule has 102 valence electrons. The highest BCUT2D eigenvalue weighted by Gasteiger charge is 2.43. The van der Waals surface area contributed by atoms with Gasteiger partial charge in [-0.2, -0.15) is 0 Å². The van der Waals surface area contributed by atoms with Gasteiger partial charge in [0.15, 0.2) is 11.2 Å². The number of hydrogen-bond acceptors (Lipinski definition) is 6. The van der Waals surface area contributed by atoms with Gasteiger partial charge in [-0.1, -0.05) is 0 Å². The number of rotatable bonds is 4. The molecule has 0 aliphatic carbocycles. The molecule has 1 saturated heterocycles. The summed E-state index contributed by atoms with van der Waals surface area (Å²) < 4.78 is 5.12. The van der Waals surface area contributed by atoms with Crippen LogP contribution in [0.1, 0.15) is 16.9 Å². The van der Waals surface area contributed by atoms with Crippen LogP contribution < -0.4 is 10.6 Å². The van der Waals surface area contributed by atoms with E-state index in [4.69, 9.17) is 4.74 Å². The van der Waals surface area contributed by atoms with Crippen molar-refractivity contribution in [1.29, 1.82) is 0 Å². The van der Waals surface area contributed by atoms with Crippen molar-refractivity contribution >= 4 is 17.7 Å². The maximum atomic E-state index is 11.3. The maximum absolute atomic E-state index is 11.3. The number of nitrogens with one attached hydrogen (secondary N) is 2. The number of nitrogens with zero attached hydrogens (tertiary/aromatic N) is 2. The van der Waals surface area contributed by atoms with E-state index in [1.165, 1.54) is 19.2 Å². The summed E-state index contributed by atoms with van der Waals surface area (Å²) in [4.78, 5) is 22.6. The highest BCUT2D eigenvalue weighted by atomic mass is 16.5. The molecule has 2 heterocycles. The first-order chi connectivity index (χ1) is 9.07. The van der Waals surface area contributed by atoms with Gasteiger partial charge in [0.2, 0.25) is 0 Å². The number of carbonyl (C=O) groups excluding carboxylic acids is 1. The van der Waals surface area contributed by atoms with Crippen LogP contribution in [0.5, 0.6) is 0 Å². The summed E-state index contributed by atoms with van der Waals surface area (Å²) in [7, 11) is 1.49. The first kappa shape index (κ1) is 13.2. The van der Waals surface area contributed by atoms with Gasteiger partial charge in [0.05, 0.1) is 6.61 Å². The van der Waals surface area contributed by atoms with Gasteiger partial charge in [0.25, 0.3) is 5.91 Å². The average Bonchev–Trinajstić information content (AvgIpc) is 2.88. The third-order valence-corrected chi connectivity index (χ3v) is 2.92. The lowest BCUT2D eigenvalue weighted by molar-refractivity contribution is -0.142. The Hall–Kier alpha value is -2.22. The summed E-state index contributed by atoms with van der Waals surface area (Å²) >= 11 is 0. The summed E-state index contributed by atoms with van der Waals surface area (Å²) in [6.07, 6.45) is 0.348. The predicted octanol–water partition coefficient (Wildman–Crippen LogP) is -0.508. The molecule has 8 heteroatoms. The monoisotopic (exact) mass is 266 g/mol. The van der Waals surface area contributed by atoms with E-state index in [0.717, 1.165) is 0 Å². The van der Waals surface area contributed by atoms with Crippen molar-refractivity contribution in [2.75, 3.05) is 25.6 Å². The van der Waals surface area contributed by atoms with Crippen LogP contribution in [0.15, 0.2) is 12.1 Å². The SMILES string of the molecule is CNC(=O)c1ccc(NC2(C(=O)O)CCOC2)nn1. The topological polar surface area (TPSA) is 113 Å². The highest BCUT2D eigenvalue weighted by molar-refractivity contribution is 5.92. The number of amides is 1. The summed E-state index contributed by atoms with van der Waals surface area (Å²) in [6, 6.07) is 2.99. The third-order valence-electron chi connectivity index (χ3n) is 2.92. The summed E-state index contributed by atoms with van der Waals surface area (Å²) in [6.45, 7) is 0.449. The molecule has 2 rings (SSSR count). The van der Waals surface area contributed by atoms with Crippen molar-refractivity contribution in [3.05, 3.63) is 17.8 Å². The van der Waals surface area contributed by atoms with Gasteiger partial charge in [-0.25, -0.2) is 4.79 Å². The molecule has 1 aliphatic heterocycles. The first-order valence-electron chi connectivity index (χ1n) is 5.72. The van der Waals surface area contributed by atoms with Gasteiger partial charge in [-0.05, 0) is 12.1 Å². The quantitative estimate of drug-likeness (QED) is 0.672. The van der Waals surface area contributed by atoms with Crippen molar-refractivity contribution in [2.24, 2.45) is 0 Å². The van der Waals surface area contributed by atoms with Crippen LogP contribution in [-0.4, -0.2) is 53.0 Å². The fourth-order valence-corrected chi connectivity index (χ4v) is 1.78. The van der Waals surface area contributed by atoms with Crippen LogP contribution >= 0.6 is 0 Å². The summed E-state index contributed by atoms with van der Waals surface area (Å²) in [5.41, 5.74) is -1.01. The summed E-state index contributed by atoms with van der Waals surface area (Å²) in [5, 5.41) is 22.0. The molecule has 0 radical (unpaired) electrons. The Labute approximate surface area is 109 Å².